The summed E-state index contributed by atoms with van der Waals surface area (Å²) in [7, 11) is 2.18. The highest BCUT2D eigenvalue weighted by molar-refractivity contribution is 6.30. The molecule has 4 aromatic rings. The number of halogens is 2. The van der Waals surface area contributed by atoms with Crippen molar-refractivity contribution in [3.05, 3.63) is 59.6 Å². The lowest BCUT2D eigenvalue weighted by molar-refractivity contribution is 0.0827. The van der Waals surface area contributed by atoms with Gasteiger partial charge < -0.3 is 9.80 Å². The van der Waals surface area contributed by atoms with Crippen molar-refractivity contribution in [1.82, 2.24) is 25.1 Å². The number of pyridine rings is 2. The summed E-state index contributed by atoms with van der Waals surface area (Å²) >= 11 is 6.09. The first-order valence-corrected chi connectivity index (χ1v) is 10.7. The Labute approximate surface area is 183 Å². The van der Waals surface area contributed by atoms with Gasteiger partial charge in [-0.2, -0.15) is 5.10 Å². The highest BCUT2D eigenvalue weighted by atomic mass is 35.5. The number of fused-ring (bicyclic) bond motifs is 2. The Bertz CT molecular complexity index is 1300. The molecule has 3 aromatic heterocycles. The lowest BCUT2D eigenvalue weighted by atomic mass is 9.93. The summed E-state index contributed by atoms with van der Waals surface area (Å²) in [6.45, 7) is 3.24. The first-order valence-electron chi connectivity index (χ1n) is 10.3. The van der Waals surface area contributed by atoms with Crippen LogP contribution in [0.1, 0.15) is 0 Å². The second kappa shape index (κ2) is 7.00. The molecule has 156 valence electrons. The molecule has 0 bridgehead atoms. The molecule has 0 spiro atoms. The van der Waals surface area contributed by atoms with E-state index in [4.69, 9.17) is 16.6 Å². The molecule has 2 saturated heterocycles. The molecule has 1 N–H and O–H groups in total. The van der Waals surface area contributed by atoms with Gasteiger partial charge in [-0.3, -0.25) is 10.1 Å². The predicted molar refractivity (Wildman–Crippen MR) is 120 cm³/mol. The van der Waals surface area contributed by atoms with E-state index >= 15 is 0 Å². The van der Waals surface area contributed by atoms with Gasteiger partial charge in [0.05, 0.1) is 28.6 Å². The maximum Gasteiger partial charge on any atom is 0.132 e. The van der Waals surface area contributed by atoms with E-state index < -0.39 is 0 Å². The Morgan fingerprint density at radius 3 is 2.81 bits per heavy atom. The van der Waals surface area contributed by atoms with E-state index in [0.717, 1.165) is 42.3 Å². The molecular weight excluding hydrogens is 415 g/mol. The molecule has 31 heavy (non-hydrogen) atoms. The number of likely N-dealkylation sites (tertiary alicyclic amines) is 1. The van der Waals surface area contributed by atoms with Crippen molar-refractivity contribution in [3.63, 3.8) is 0 Å². The minimum Gasteiger partial charge on any atom is -0.368 e. The van der Waals surface area contributed by atoms with Crippen LogP contribution in [-0.2, 0) is 0 Å². The van der Waals surface area contributed by atoms with Gasteiger partial charge in [-0.25, -0.2) is 9.37 Å². The van der Waals surface area contributed by atoms with Gasteiger partial charge in [-0.1, -0.05) is 11.6 Å². The van der Waals surface area contributed by atoms with Crippen molar-refractivity contribution in [2.75, 3.05) is 31.6 Å². The Morgan fingerprint density at radius 1 is 1.06 bits per heavy atom. The first kappa shape index (κ1) is 18.7. The minimum absolute atomic E-state index is 0.342. The van der Waals surface area contributed by atoms with E-state index in [1.807, 2.05) is 18.3 Å². The quantitative estimate of drug-likeness (QED) is 0.523. The van der Waals surface area contributed by atoms with Crippen LogP contribution >= 0.6 is 11.6 Å². The number of rotatable bonds is 3. The maximum atomic E-state index is 14.5. The molecule has 2 aliphatic rings. The zero-order chi connectivity index (χ0) is 21.1. The third kappa shape index (κ3) is 3.07. The standard InChI is InChI=1S/C23H20ClFN6/c1-30-10-13-11-31(12-22(13)30)15-7-21-20(26-8-15)5-4-19(28-21)17-9-27-29-23(17)16-6-14(24)2-3-18(16)25/h2-9,13,22H,10-12H2,1H3,(H,27,29). The zero-order valence-corrected chi connectivity index (χ0v) is 17.6. The number of nitrogens with zero attached hydrogens (tertiary/aromatic N) is 5. The van der Waals surface area contributed by atoms with Gasteiger partial charge in [0, 0.05) is 53.9 Å². The molecule has 6 nitrogen and oxygen atoms in total. The van der Waals surface area contributed by atoms with Crippen LogP contribution in [0.2, 0.25) is 5.02 Å². The predicted octanol–water partition coefficient (Wildman–Crippen LogP) is 4.23. The van der Waals surface area contributed by atoms with Crippen LogP contribution in [0.4, 0.5) is 10.1 Å². The molecule has 2 fully saturated rings. The normalized spacial score (nSPS) is 20.8. The highest BCUT2D eigenvalue weighted by Gasteiger charge is 2.43. The molecular formula is C23H20ClFN6. The fourth-order valence-electron chi connectivity index (χ4n) is 4.80. The van der Waals surface area contributed by atoms with E-state index in [-0.39, 0.29) is 5.82 Å². The van der Waals surface area contributed by atoms with Gasteiger partial charge in [-0.15, -0.1) is 0 Å². The number of hydrogen-bond donors (Lipinski definition) is 1. The lowest BCUT2D eigenvalue weighted by Crippen LogP contribution is -2.52. The van der Waals surface area contributed by atoms with Gasteiger partial charge in [-0.05, 0) is 43.4 Å². The van der Waals surface area contributed by atoms with Crippen molar-refractivity contribution in [2.45, 2.75) is 6.04 Å². The van der Waals surface area contributed by atoms with Crippen molar-refractivity contribution in [3.8, 4) is 22.5 Å². The van der Waals surface area contributed by atoms with E-state index in [1.165, 1.54) is 12.1 Å². The summed E-state index contributed by atoms with van der Waals surface area (Å²) in [5.74, 6) is 0.359. The molecule has 2 aliphatic heterocycles. The van der Waals surface area contributed by atoms with Crippen molar-refractivity contribution in [2.24, 2.45) is 5.92 Å². The van der Waals surface area contributed by atoms with Gasteiger partial charge in [0.15, 0.2) is 0 Å². The Kier molecular flexibility index (Phi) is 4.23. The molecule has 2 unspecified atom stereocenters. The number of aromatic nitrogens is 4. The SMILES string of the molecule is CN1CC2CN(c3cnc4ccc(-c5c[nH]nc5-c5cc(Cl)ccc5F)nc4c3)CC21. The number of likely N-dealkylation sites (N-methyl/N-ethyl adjacent to an activating group) is 1. The zero-order valence-electron chi connectivity index (χ0n) is 16.9. The van der Waals surface area contributed by atoms with Crippen LogP contribution in [0.3, 0.4) is 0 Å². The fraction of sp³-hybridized carbons (Fsp3) is 0.261. The molecule has 6 rings (SSSR count). The van der Waals surface area contributed by atoms with Crippen LogP contribution < -0.4 is 4.90 Å². The summed E-state index contributed by atoms with van der Waals surface area (Å²) in [4.78, 5) is 14.3. The number of hydrogen-bond acceptors (Lipinski definition) is 5. The van der Waals surface area contributed by atoms with E-state index in [0.29, 0.717) is 33.6 Å². The monoisotopic (exact) mass is 434 g/mol. The summed E-state index contributed by atoms with van der Waals surface area (Å²) < 4.78 is 14.5. The molecule has 0 saturated carbocycles. The number of H-pyrrole nitrogens is 1. The fourth-order valence-corrected chi connectivity index (χ4v) is 4.97. The number of anilines is 1. The molecule has 2 atom stereocenters. The third-order valence-electron chi connectivity index (χ3n) is 6.48. The average molecular weight is 435 g/mol. The summed E-state index contributed by atoms with van der Waals surface area (Å²) in [5.41, 5.74) is 4.97. The van der Waals surface area contributed by atoms with Crippen LogP contribution in [0.25, 0.3) is 33.5 Å². The number of nitrogens with one attached hydrogen (secondary N) is 1. The minimum atomic E-state index is -0.379. The van der Waals surface area contributed by atoms with E-state index in [1.54, 1.807) is 12.3 Å². The highest BCUT2D eigenvalue weighted by Crippen LogP contribution is 2.35. The Morgan fingerprint density at radius 2 is 1.97 bits per heavy atom. The van der Waals surface area contributed by atoms with Crippen molar-refractivity contribution in [1.29, 1.82) is 0 Å². The summed E-state index contributed by atoms with van der Waals surface area (Å²) in [5, 5.41) is 7.56. The number of aromatic amines is 1. The lowest BCUT2D eigenvalue weighted by Gasteiger charge is -2.40. The first-order chi connectivity index (χ1) is 15.1. The Hall–Kier alpha value is -3.03. The summed E-state index contributed by atoms with van der Waals surface area (Å²) in [6.07, 6.45) is 3.66. The van der Waals surface area contributed by atoms with Crippen LogP contribution in [0, 0.1) is 11.7 Å². The molecule has 1 aromatic carbocycles. The second-order valence-electron chi connectivity index (χ2n) is 8.37. The van der Waals surface area contributed by atoms with Crippen molar-refractivity contribution < 1.29 is 4.39 Å². The average Bonchev–Trinajstić information content (AvgIpc) is 3.39. The van der Waals surface area contributed by atoms with Gasteiger partial charge in [0.25, 0.3) is 0 Å². The molecule has 5 heterocycles. The molecule has 0 radical (unpaired) electrons. The van der Waals surface area contributed by atoms with Crippen LogP contribution in [0.15, 0.2) is 48.8 Å². The Balaban J connectivity index is 1.38. The van der Waals surface area contributed by atoms with Gasteiger partial charge >= 0.3 is 0 Å². The van der Waals surface area contributed by atoms with Crippen LogP contribution in [0.5, 0.6) is 0 Å². The smallest absolute Gasteiger partial charge is 0.132 e. The maximum absolute atomic E-state index is 14.5. The second-order valence-corrected chi connectivity index (χ2v) is 8.81. The van der Waals surface area contributed by atoms with E-state index in [9.17, 15) is 4.39 Å². The van der Waals surface area contributed by atoms with E-state index in [2.05, 4.69) is 38.1 Å². The van der Waals surface area contributed by atoms with Crippen LogP contribution in [-0.4, -0.2) is 57.8 Å². The number of benzene rings is 1. The summed E-state index contributed by atoms with van der Waals surface area (Å²) in [6, 6.07) is 11.0. The van der Waals surface area contributed by atoms with Gasteiger partial charge in [0.2, 0.25) is 0 Å². The van der Waals surface area contributed by atoms with Crippen molar-refractivity contribution >= 4 is 28.3 Å². The largest absolute Gasteiger partial charge is 0.368 e. The molecule has 0 aliphatic carbocycles. The van der Waals surface area contributed by atoms with Gasteiger partial charge in [0.1, 0.15) is 11.5 Å². The topological polar surface area (TPSA) is 60.9 Å². The molecule has 8 heteroatoms. The third-order valence-corrected chi connectivity index (χ3v) is 6.72. The molecule has 0 amide bonds.